The van der Waals surface area contributed by atoms with E-state index in [1.54, 1.807) is 19.2 Å². The van der Waals surface area contributed by atoms with Crippen LogP contribution in [0.1, 0.15) is 36.7 Å². The number of pyridine rings is 1. The Morgan fingerprint density at radius 1 is 1.15 bits per heavy atom. The van der Waals surface area contributed by atoms with Crippen molar-refractivity contribution in [1.82, 2.24) is 14.5 Å². The van der Waals surface area contributed by atoms with E-state index in [9.17, 15) is 9.59 Å². The van der Waals surface area contributed by atoms with Gasteiger partial charge in [0.15, 0.2) is 0 Å². The van der Waals surface area contributed by atoms with Gasteiger partial charge in [0.1, 0.15) is 17.6 Å². The number of nitrogens with one attached hydrogen (secondary N) is 1. The maximum atomic E-state index is 13.4. The zero-order valence-electron chi connectivity index (χ0n) is 19.9. The third-order valence-corrected chi connectivity index (χ3v) is 5.98. The maximum absolute atomic E-state index is 13.4. The molecule has 0 aliphatic heterocycles. The summed E-state index contributed by atoms with van der Waals surface area (Å²) >= 11 is 0. The van der Waals surface area contributed by atoms with Crippen LogP contribution >= 0.6 is 0 Å². The van der Waals surface area contributed by atoms with Crippen molar-refractivity contribution in [1.29, 1.82) is 0 Å². The average molecular weight is 465 g/mol. The summed E-state index contributed by atoms with van der Waals surface area (Å²) in [6.07, 6.45) is 0.783. The first kappa shape index (κ1) is 23.3. The van der Waals surface area contributed by atoms with Crippen molar-refractivity contribution in [2.45, 2.75) is 38.8 Å². The molecule has 0 unspecified atom stereocenters. The first-order valence-corrected chi connectivity index (χ1v) is 11.1. The standard InChI is InChI=1S/C25H28N4O5/c1-6-18-23(28-21-16-10-8-7-9-15(16)13-19(21)34-14(2)30)29(3)25(31)22(26-18)17-11-12-20(32-4)27-24(17)33-5/h7-12,19,21,28H,6,13H2,1-5H3/t19-,21-/m0/s1. The van der Waals surface area contributed by atoms with E-state index in [1.807, 2.05) is 31.2 Å². The maximum Gasteiger partial charge on any atom is 0.302 e. The van der Waals surface area contributed by atoms with E-state index in [2.05, 4.69) is 10.3 Å². The van der Waals surface area contributed by atoms with Gasteiger partial charge in [-0.05, 0) is 23.6 Å². The SMILES string of the molecule is CCc1nc(-c2ccc(OC)nc2OC)c(=O)n(C)c1N[C@H]1c2ccccc2C[C@@H]1OC(C)=O. The van der Waals surface area contributed by atoms with Gasteiger partial charge in [-0.25, -0.2) is 4.98 Å². The molecular weight excluding hydrogens is 436 g/mol. The lowest BCUT2D eigenvalue weighted by Crippen LogP contribution is -2.31. The molecule has 4 rings (SSSR count). The quantitative estimate of drug-likeness (QED) is 0.532. The number of methoxy groups -OCH3 is 2. The molecule has 178 valence electrons. The number of ether oxygens (including phenoxy) is 3. The van der Waals surface area contributed by atoms with Crippen LogP contribution < -0.4 is 20.3 Å². The molecule has 0 radical (unpaired) electrons. The molecule has 9 nitrogen and oxygen atoms in total. The van der Waals surface area contributed by atoms with E-state index >= 15 is 0 Å². The predicted octanol–water partition coefficient (Wildman–Crippen LogP) is 3.06. The Labute approximate surface area is 197 Å². The van der Waals surface area contributed by atoms with Gasteiger partial charge in [0, 0.05) is 26.5 Å². The van der Waals surface area contributed by atoms with Crippen molar-refractivity contribution in [3.63, 3.8) is 0 Å². The number of rotatable bonds is 7. The summed E-state index contributed by atoms with van der Waals surface area (Å²) in [5, 5.41) is 3.46. The molecule has 2 atom stereocenters. The topological polar surface area (TPSA) is 105 Å². The highest BCUT2D eigenvalue weighted by Gasteiger charge is 2.35. The van der Waals surface area contributed by atoms with Gasteiger partial charge in [-0.15, -0.1) is 0 Å². The van der Waals surface area contributed by atoms with E-state index in [-0.39, 0.29) is 35.2 Å². The van der Waals surface area contributed by atoms with E-state index < -0.39 is 0 Å². The zero-order valence-corrected chi connectivity index (χ0v) is 19.9. The Balaban J connectivity index is 1.79. The Bertz CT molecular complexity index is 1290. The number of esters is 1. The number of fused-ring (bicyclic) bond motifs is 1. The van der Waals surface area contributed by atoms with Crippen molar-refractivity contribution in [3.8, 4) is 23.0 Å². The van der Waals surface area contributed by atoms with Crippen molar-refractivity contribution in [2.75, 3.05) is 19.5 Å². The molecule has 0 saturated carbocycles. The Morgan fingerprint density at radius 3 is 2.59 bits per heavy atom. The van der Waals surface area contributed by atoms with Crippen LogP contribution in [0.25, 0.3) is 11.3 Å². The number of hydrogen-bond donors (Lipinski definition) is 1. The molecule has 2 heterocycles. The molecule has 1 N–H and O–H groups in total. The highest BCUT2D eigenvalue weighted by molar-refractivity contribution is 5.68. The van der Waals surface area contributed by atoms with E-state index in [0.29, 0.717) is 35.8 Å². The molecule has 1 aliphatic carbocycles. The molecule has 3 aromatic rings. The van der Waals surface area contributed by atoms with E-state index in [4.69, 9.17) is 19.2 Å². The van der Waals surface area contributed by atoms with Gasteiger partial charge in [-0.2, -0.15) is 4.98 Å². The van der Waals surface area contributed by atoms with Gasteiger partial charge in [0.25, 0.3) is 5.56 Å². The smallest absolute Gasteiger partial charge is 0.302 e. The van der Waals surface area contributed by atoms with E-state index in [0.717, 1.165) is 11.1 Å². The first-order valence-electron chi connectivity index (χ1n) is 11.1. The Hall–Kier alpha value is -3.88. The first-order chi connectivity index (χ1) is 16.4. The van der Waals surface area contributed by atoms with Crippen LogP contribution in [0.15, 0.2) is 41.2 Å². The molecule has 1 aromatic carbocycles. The molecular formula is C25H28N4O5. The zero-order chi connectivity index (χ0) is 24.4. The van der Waals surface area contributed by atoms with Crippen LogP contribution in [-0.4, -0.2) is 40.8 Å². The van der Waals surface area contributed by atoms with Crippen molar-refractivity contribution >= 4 is 11.8 Å². The highest BCUT2D eigenvalue weighted by Crippen LogP contribution is 2.37. The summed E-state index contributed by atoms with van der Waals surface area (Å²) in [6, 6.07) is 11.0. The molecule has 0 fully saturated rings. The van der Waals surface area contributed by atoms with Crippen LogP contribution in [-0.2, 0) is 29.4 Å². The third kappa shape index (κ3) is 4.21. The number of carbonyl (C=O) groups is 1. The highest BCUT2D eigenvalue weighted by atomic mass is 16.5. The second-order valence-corrected chi connectivity index (χ2v) is 8.06. The summed E-state index contributed by atoms with van der Waals surface area (Å²) in [6.45, 7) is 3.37. The van der Waals surface area contributed by atoms with Gasteiger partial charge in [-0.1, -0.05) is 31.2 Å². The van der Waals surface area contributed by atoms with Crippen LogP contribution in [0.3, 0.4) is 0 Å². The number of nitrogens with zero attached hydrogens (tertiary/aromatic N) is 3. The predicted molar refractivity (Wildman–Crippen MR) is 127 cm³/mol. The monoisotopic (exact) mass is 464 g/mol. The molecule has 0 spiro atoms. The number of hydrogen-bond acceptors (Lipinski definition) is 8. The number of aromatic nitrogens is 3. The fourth-order valence-electron chi connectivity index (χ4n) is 4.36. The number of aryl methyl sites for hydroxylation is 1. The van der Waals surface area contributed by atoms with Gasteiger partial charge >= 0.3 is 5.97 Å². The minimum atomic E-state index is -0.389. The molecule has 0 bridgehead atoms. The van der Waals surface area contributed by atoms with Crippen molar-refractivity contribution in [3.05, 3.63) is 63.6 Å². The summed E-state index contributed by atoms with van der Waals surface area (Å²) in [5.41, 5.74) is 3.25. The lowest BCUT2D eigenvalue weighted by Gasteiger charge is -2.25. The fourth-order valence-corrected chi connectivity index (χ4v) is 4.36. The third-order valence-electron chi connectivity index (χ3n) is 5.98. The molecule has 2 aromatic heterocycles. The van der Waals surface area contributed by atoms with Crippen molar-refractivity contribution in [2.24, 2.45) is 7.05 Å². The van der Waals surface area contributed by atoms with Gasteiger partial charge in [0.2, 0.25) is 11.8 Å². The summed E-state index contributed by atoms with van der Waals surface area (Å²) in [5.74, 6) is 0.867. The lowest BCUT2D eigenvalue weighted by atomic mass is 10.1. The lowest BCUT2D eigenvalue weighted by molar-refractivity contribution is -0.146. The number of carbonyl (C=O) groups excluding carboxylic acids is 1. The number of anilines is 1. The molecule has 9 heteroatoms. The van der Waals surface area contributed by atoms with Gasteiger partial charge in [-0.3, -0.25) is 14.2 Å². The minimum Gasteiger partial charge on any atom is -0.481 e. The minimum absolute atomic E-state index is 0.236. The second-order valence-electron chi connectivity index (χ2n) is 8.06. The molecule has 1 aliphatic rings. The normalized spacial score (nSPS) is 16.6. The van der Waals surface area contributed by atoms with Crippen molar-refractivity contribution < 1.29 is 19.0 Å². The largest absolute Gasteiger partial charge is 0.481 e. The second kappa shape index (κ2) is 9.54. The fraction of sp³-hybridized carbons (Fsp3) is 0.360. The summed E-state index contributed by atoms with van der Waals surface area (Å²) < 4.78 is 17.7. The van der Waals surface area contributed by atoms with Crippen LogP contribution in [0, 0.1) is 0 Å². The van der Waals surface area contributed by atoms with Gasteiger partial charge < -0.3 is 19.5 Å². The Morgan fingerprint density at radius 2 is 1.91 bits per heavy atom. The average Bonchev–Trinajstić information content (AvgIpc) is 3.18. The van der Waals surface area contributed by atoms with Gasteiger partial charge in [0.05, 0.1) is 31.5 Å². The molecule has 0 saturated heterocycles. The van der Waals surface area contributed by atoms with E-state index in [1.165, 1.54) is 25.7 Å². The van der Waals surface area contributed by atoms with Crippen LogP contribution in [0.2, 0.25) is 0 Å². The Kier molecular flexibility index (Phi) is 6.54. The molecule has 0 amide bonds. The van der Waals surface area contributed by atoms with Crippen LogP contribution in [0.5, 0.6) is 11.8 Å². The summed E-state index contributed by atoms with van der Waals surface area (Å²) in [7, 11) is 4.69. The summed E-state index contributed by atoms with van der Waals surface area (Å²) in [4.78, 5) is 34.2. The van der Waals surface area contributed by atoms with Crippen LogP contribution in [0.4, 0.5) is 5.82 Å². The number of benzene rings is 1. The molecule has 34 heavy (non-hydrogen) atoms.